The summed E-state index contributed by atoms with van der Waals surface area (Å²) >= 11 is 3.97. The monoisotopic (exact) mass is 241 g/mol. The highest BCUT2D eigenvalue weighted by Crippen LogP contribution is 2.16. The molecule has 0 unspecified atom stereocenters. The zero-order valence-corrected chi connectivity index (χ0v) is 9.65. The van der Waals surface area contributed by atoms with Gasteiger partial charge in [0.15, 0.2) is 5.65 Å². The number of carbonyl (C=O) groups is 1. The lowest BCUT2D eigenvalue weighted by atomic mass is 10.3. The SMILES string of the molecule is CC.O=C(O)c1cn(S)c2ncc(=O)[nH]c12. The molecule has 0 saturated heterocycles. The number of carboxylic acid groups (broad SMARTS) is 1. The predicted octanol–water partition coefficient (Wildman–Crippen LogP) is 1.14. The van der Waals surface area contributed by atoms with Gasteiger partial charge in [0.05, 0.1) is 6.20 Å². The minimum Gasteiger partial charge on any atom is -0.478 e. The molecule has 2 N–H and O–H groups in total. The molecule has 0 fully saturated rings. The number of rotatable bonds is 1. The van der Waals surface area contributed by atoms with E-state index in [4.69, 9.17) is 5.11 Å². The van der Waals surface area contributed by atoms with Gasteiger partial charge in [-0.05, 0) is 0 Å². The van der Waals surface area contributed by atoms with Crippen LogP contribution in [0, 0.1) is 0 Å². The highest BCUT2D eigenvalue weighted by Gasteiger charge is 2.14. The fraction of sp³-hybridized carbons (Fsp3) is 0.222. The largest absolute Gasteiger partial charge is 0.478 e. The Hall–Kier alpha value is -1.76. The summed E-state index contributed by atoms with van der Waals surface area (Å²) in [7, 11) is 0. The number of hydrogen-bond acceptors (Lipinski definition) is 4. The fourth-order valence-corrected chi connectivity index (χ4v) is 1.43. The number of carboxylic acids is 1. The maximum Gasteiger partial charge on any atom is 0.339 e. The molecule has 86 valence electrons. The third-order valence-corrected chi connectivity index (χ3v) is 2.05. The Bertz CT molecular complexity index is 573. The second-order valence-corrected chi connectivity index (χ2v) is 3.07. The van der Waals surface area contributed by atoms with Crippen LogP contribution in [0.3, 0.4) is 0 Å². The number of aromatic nitrogens is 3. The van der Waals surface area contributed by atoms with Crippen LogP contribution in [0.5, 0.6) is 0 Å². The highest BCUT2D eigenvalue weighted by molar-refractivity contribution is 7.78. The maximum absolute atomic E-state index is 10.9. The lowest BCUT2D eigenvalue weighted by molar-refractivity contribution is 0.0699. The van der Waals surface area contributed by atoms with E-state index in [2.05, 4.69) is 22.8 Å². The van der Waals surface area contributed by atoms with E-state index in [9.17, 15) is 9.59 Å². The van der Waals surface area contributed by atoms with Crippen LogP contribution in [0.1, 0.15) is 24.2 Å². The Morgan fingerprint density at radius 2 is 2.19 bits per heavy atom. The predicted molar refractivity (Wildman–Crippen MR) is 63.0 cm³/mol. The molecule has 16 heavy (non-hydrogen) atoms. The molecule has 0 atom stereocenters. The van der Waals surface area contributed by atoms with Crippen LogP contribution in [0.2, 0.25) is 0 Å². The van der Waals surface area contributed by atoms with Crippen LogP contribution in [-0.2, 0) is 0 Å². The Kier molecular flexibility index (Phi) is 3.73. The van der Waals surface area contributed by atoms with Crippen molar-refractivity contribution in [2.45, 2.75) is 13.8 Å². The second kappa shape index (κ2) is 4.84. The van der Waals surface area contributed by atoms with Gasteiger partial charge in [0.2, 0.25) is 0 Å². The first kappa shape index (κ1) is 12.3. The molecule has 7 heteroatoms. The molecule has 0 radical (unpaired) electrons. The summed E-state index contributed by atoms with van der Waals surface area (Å²) in [6.45, 7) is 4.00. The molecule has 0 amide bonds. The molecule has 2 heterocycles. The normalized spacial score (nSPS) is 9.69. The van der Waals surface area contributed by atoms with E-state index in [1.165, 1.54) is 10.2 Å². The number of H-pyrrole nitrogens is 1. The minimum absolute atomic E-state index is 0.0276. The number of nitrogens with zero attached hydrogens (tertiary/aromatic N) is 2. The summed E-state index contributed by atoms with van der Waals surface area (Å²) in [6.07, 6.45) is 2.35. The van der Waals surface area contributed by atoms with Crippen molar-refractivity contribution in [1.29, 1.82) is 0 Å². The second-order valence-electron chi connectivity index (χ2n) is 2.64. The molecule has 0 bridgehead atoms. The summed E-state index contributed by atoms with van der Waals surface area (Å²) in [4.78, 5) is 27.8. The quantitative estimate of drug-likeness (QED) is 0.653. The van der Waals surface area contributed by atoms with Gasteiger partial charge in [-0.25, -0.2) is 9.78 Å². The smallest absolute Gasteiger partial charge is 0.339 e. The van der Waals surface area contributed by atoms with Gasteiger partial charge in [-0.1, -0.05) is 26.7 Å². The summed E-state index contributed by atoms with van der Waals surface area (Å²) in [6, 6.07) is 0. The van der Waals surface area contributed by atoms with Crippen molar-refractivity contribution in [2.75, 3.05) is 0 Å². The third-order valence-electron chi connectivity index (χ3n) is 1.74. The summed E-state index contributed by atoms with van der Waals surface area (Å²) < 4.78 is 1.24. The van der Waals surface area contributed by atoms with Gasteiger partial charge in [-0.15, -0.1) is 0 Å². The molecule has 2 rings (SSSR count). The third kappa shape index (κ3) is 2.08. The van der Waals surface area contributed by atoms with E-state index in [-0.39, 0.29) is 11.1 Å². The van der Waals surface area contributed by atoms with E-state index in [1.807, 2.05) is 13.8 Å². The van der Waals surface area contributed by atoms with E-state index in [0.717, 1.165) is 6.20 Å². The molecule has 0 aliphatic rings. The molecular formula is C9H11N3O3S. The van der Waals surface area contributed by atoms with E-state index in [0.29, 0.717) is 5.65 Å². The van der Waals surface area contributed by atoms with Crippen molar-refractivity contribution in [3.8, 4) is 0 Å². The number of aromatic carboxylic acids is 1. The minimum atomic E-state index is -1.13. The number of fused-ring (bicyclic) bond motifs is 1. The number of thiol groups is 1. The number of hydrogen-bond donors (Lipinski definition) is 3. The summed E-state index contributed by atoms with van der Waals surface area (Å²) in [5.74, 6) is -1.13. The van der Waals surface area contributed by atoms with Crippen molar-refractivity contribution in [3.63, 3.8) is 0 Å². The Balaban J connectivity index is 0.000000606. The van der Waals surface area contributed by atoms with E-state index < -0.39 is 11.5 Å². The van der Waals surface area contributed by atoms with Crippen LogP contribution < -0.4 is 5.56 Å². The van der Waals surface area contributed by atoms with Crippen molar-refractivity contribution >= 4 is 29.9 Å². The van der Waals surface area contributed by atoms with Crippen LogP contribution >= 0.6 is 12.8 Å². The number of nitrogens with one attached hydrogen (secondary N) is 1. The van der Waals surface area contributed by atoms with E-state index in [1.54, 1.807) is 0 Å². The molecule has 0 aliphatic heterocycles. The van der Waals surface area contributed by atoms with Gasteiger partial charge in [0, 0.05) is 6.20 Å². The standard InChI is InChI=1S/C7H5N3O3S.C2H6/c11-4-1-8-6-5(9-4)3(7(12)13)2-10(6)14;1-2/h1-2,14H,(H,9,11)(H,12,13);1-2H3. The summed E-state index contributed by atoms with van der Waals surface area (Å²) in [5.41, 5.74) is 0.0186. The van der Waals surface area contributed by atoms with Gasteiger partial charge in [0.25, 0.3) is 5.56 Å². The Morgan fingerprint density at radius 1 is 1.56 bits per heavy atom. The Labute approximate surface area is 96.5 Å². The lowest BCUT2D eigenvalue weighted by Crippen LogP contribution is -2.06. The molecule has 0 aliphatic carbocycles. The topological polar surface area (TPSA) is 88.0 Å². The van der Waals surface area contributed by atoms with Gasteiger partial charge in [0.1, 0.15) is 11.1 Å². The van der Waals surface area contributed by atoms with Crippen molar-refractivity contribution in [1.82, 2.24) is 13.9 Å². The van der Waals surface area contributed by atoms with Gasteiger partial charge >= 0.3 is 5.97 Å². The molecule has 0 aromatic carbocycles. The molecule has 2 aromatic heterocycles. The first-order valence-electron chi connectivity index (χ1n) is 4.62. The highest BCUT2D eigenvalue weighted by atomic mass is 32.1. The lowest BCUT2D eigenvalue weighted by Gasteiger charge is -1.91. The van der Waals surface area contributed by atoms with Crippen LogP contribution in [0.25, 0.3) is 11.2 Å². The maximum atomic E-state index is 10.9. The van der Waals surface area contributed by atoms with Crippen molar-refractivity contribution in [2.24, 2.45) is 0 Å². The summed E-state index contributed by atoms with van der Waals surface area (Å²) in [5, 5.41) is 8.79. The molecule has 0 spiro atoms. The van der Waals surface area contributed by atoms with Crippen molar-refractivity contribution < 1.29 is 9.90 Å². The van der Waals surface area contributed by atoms with Gasteiger partial charge in [-0.2, -0.15) is 0 Å². The zero-order valence-electron chi connectivity index (χ0n) is 8.76. The van der Waals surface area contributed by atoms with Gasteiger partial charge < -0.3 is 10.1 Å². The fourth-order valence-electron chi connectivity index (χ4n) is 1.17. The van der Waals surface area contributed by atoms with Crippen LogP contribution in [0.15, 0.2) is 17.2 Å². The average Bonchev–Trinajstić information content (AvgIpc) is 2.58. The number of aromatic amines is 1. The first-order valence-corrected chi connectivity index (χ1v) is 5.02. The zero-order chi connectivity index (χ0) is 12.3. The van der Waals surface area contributed by atoms with Crippen LogP contribution in [0.4, 0.5) is 0 Å². The van der Waals surface area contributed by atoms with E-state index >= 15 is 0 Å². The first-order chi connectivity index (χ1) is 7.59. The van der Waals surface area contributed by atoms with Crippen molar-refractivity contribution in [3.05, 3.63) is 28.3 Å². The molecular weight excluding hydrogens is 230 g/mol. The average molecular weight is 241 g/mol. The van der Waals surface area contributed by atoms with Crippen LogP contribution in [-0.4, -0.2) is 25.0 Å². The molecule has 6 nitrogen and oxygen atoms in total. The Morgan fingerprint density at radius 3 is 2.75 bits per heavy atom. The van der Waals surface area contributed by atoms with Gasteiger partial charge in [-0.3, -0.25) is 8.77 Å². The molecule has 2 aromatic rings. The molecule has 0 saturated carbocycles.